The van der Waals surface area contributed by atoms with Crippen molar-refractivity contribution in [2.24, 2.45) is 0 Å². The number of hydrogen-bond donors (Lipinski definition) is 0. The third kappa shape index (κ3) is 46.7. The summed E-state index contributed by atoms with van der Waals surface area (Å²) in [5.74, 6) is -0.898. The Morgan fingerprint density at radius 2 is 0.919 bits per heavy atom. The first kappa shape index (κ1) is 59.2. The molecular formula is C52H90NO8P. The molecule has 0 rings (SSSR count). The Morgan fingerprint density at radius 1 is 0.516 bits per heavy atom. The van der Waals surface area contributed by atoms with Gasteiger partial charge in [-0.3, -0.25) is 14.2 Å². The van der Waals surface area contributed by atoms with Crippen LogP contribution in [0.4, 0.5) is 0 Å². The van der Waals surface area contributed by atoms with Gasteiger partial charge in [0, 0.05) is 12.8 Å². The van der Waals surface area contributed by atoms with E-state index < -0.39 is 32.5 Å². The van der Waals surface area contributed by atoms with Gasteiger partial charge in [0.15, 0.2) is 6.10 Å². The maximum absolute atomic E-state index is 12.7. The molecule has 0 fully saturated rings. The van der Waals surface area contributed by atoms with Crippen molar-refractivity contribution >= 4 is 19.8 Å². The van der Waals surface area contributed by atoms with Crippen molar-refractivity contribution < 1.29 is 42.1 Å². The molecule has 0 amide bonds. The molecule has 10 heteroatoms. The van der Waals surface area contributed by atoms with E-state index in [1.807, 2.05) is 21.1 Å². The molecule has 0 bridgehead atoms. The minimum absolute atomic E-state index is 0.0448. The van der Waals surface area contributed by atoms with Crippen LogP contribution in [-0.2, 0) is 32.7 Å². The van der Waals surface area contributed by atoms with Crippen molar-refractivity contribution in [3.8, 4) is 0 Å². The van der Waals surface area contributed by atoms with Gasteiger partial charge >= 0.3 is 11.9 Å². The summed E-state index contributed by atoms with van der Waals surface area (Å²) in [6.07, 6.45) is 56.2. The highest BCUT2D eigenvalue weighted by molar-refractivity contribution is 7.45. The average molecular weight is 888 g/mol. The zero-order valence-corrected chi connectivity index (χ0v) is 40.9. The minimum Gasteiger partial charge on any atom is -0.756 e. The van der Waals surface area contributed by atoms with Crippen LogP contribution in [0.5, 0.6) is 0 Å². The van der Waals surface area contributed by atoms with Gasteiger partial charge in [-0.05, 0) is 89.9 Å². The summed E-state index contributed by atoms with van der Waals surface area (Å²) in [6.45, 7) is 4.03. The largest absolute Gasteiger partial charge is 0.756 e. The number of unbranched alkanes of at least 4 members (excludes halogenated alkanes) is 15. The quantitative estimate of drug-likeness (QED) is 0.0196. The zero-order chi connectivity index (χ0) is 45.7. The van der Waals surface area contributed by atoms with Crippen LogP contribution in [0, 0.1) is 0 Å². The number of rotatable bonds is 43. The summed E-state index contributed by atoms with van der Waals surface area (Å²) in [4.78, 5) is 37.6. The molecule has 0 heterocycles. The fourth-order valence-corrected chi connectivity index (χ4v) is 6.85. The molecule has 0 spiro atoms. The van der Waals surface area contributed by atoms with Gasteiger partial charge in [-0.2, -0.15) is 0 Å². The molecular weight excluding hydrogens is 798 g/mol. The Hall–Kier alpha value is -2.81. The Bertz CT molecular complexity index is 1330. The lowest BCUT2D eigenvalue weighted by atomic mass is 10.1. The molecule has 0 aromatic rings. The molecule has 0 aliphatic carbocycles. The molecule has 0 saturated carbocycles. The predicted molar refractivity (Wildman–Crippen MR) is 259 cm³/mol. The topological polar surface area (TPSA) is 111 Å². The number of ether oxygens (including phenoxy) is 2. The molecule has 0 aliphatic rings. The van der Waals surface area contributed by atoms with Gasteiger partial charge in [-0.25, -0.2) is 0 Å². The monoisotopic (exact) mass is 888 g/mol. The summed E-state index contributed by atoms with van der Waals surface area (Å²) in [6, 6.07) is 0. The minimum atomic E-state index is -4.65. The molecule has 2 atom stereocenters. The number of carbonyl (C=O) groups is 2. The summed E-state index contributed by atoms with van der Waals surface area (Å²) < 4.78 is 33.9. The molecule has 356 valence electrons. The molecule has 0 aromatic carbocycles. The average Bonchev–Trinajstić information content (AvgIpc) is 3.23. The van der Waals surface area contributed by atoms with E-state index in [1.165, 1.54) is 64.2 Å². The summed E-state index contributed by atoms with van der Waals surface area (Å²) in [5.41, 5.74) is 0. The highest BCUT2D eigenvalue weighted by Gasteiger charge is 2.21. The standard InChI is InChI=1S/C52H90NO8P/c1-6-8-10-12-14-16-18-20-22-23-24-25-26-27-28-29-31-32-34-36-38-40-42-44-51(54)58-48-50(49-60-62(56,57)59-47-46-53(3,4)5)61-52(55)45-43-41-39-37-35-33-30-21-19-17-15-13-11-9-7-2/h9,11,15,17-18,20-21,23-24,26-27,30,35,37,50H,6-8,10,12-14,16,19,22,25,28-29,31-34,36,38-49H2,1-5H3/b11-9-,17-15-,20-18-,24-23-,27-26-,30-21-,37-35-. The first-order valence-electron chi connectivity index (χ1n) is 24.3. The molecule has 0 N–H and O–H groups in total. The van der Waals surface area contributed by atoms with Gasteiger partial charge in [-0.1, -0.05) is 163 Å². The lowest BCUT2D eigenvalue weighted by Gasteiger charge is -2.28. The van der Waals surface area contributed by atoms with Crippen molar-refractivity contribution in [1.82, 2.24) is 0 Å². The molecule has 0 aliphatic heterocycles. The van der Waals surface area contributed by atoms with Gasteiger partial charge in [0.1, 0.15) is 19.8 Å². The zero-order valence-electron chi connectivity index (χ0n) is 40.0. The van der Waals surface area contributed by atoms with Crippen LogP contribution in [0.25, 0.3) is 0 Å². The lowest BCUT2D eigenvalue weighted by Crippen LogP contribution is -2.37. The van der Waals surface area contributed by atoms with E-state index in [4.69, 9.17) is 18.5 Å². The number of phosphoric ester groups is 1. The number of allylic oxidation sites excluding steroid dienone is 14. The van der Waals surface area contributed by atoms with Crippen LogP contribution >= 0.6 is 7.82 Å². The first-order valence-corrected chi connectivity index (χ1v) is 25.8. The maximum Gasteiger partial charge on any atom is 0.306 e. The van der Waals surface area contributed by atoms with E-state index in [1.54, 1.807) is 0 Å². The van der Waals surface area contributed by atoms with Crippen LogP contribution in [0.1, 0.15) is 181 Å². The maximum atomic E-state index is 12.7. The second-order valence-corrected chi connectivity index (χ2v) is 18.5. The van der Waals surface area contributed by atoms with Crippen LogP contribution < -0.4 is 4.89 Å². The molecule has 0 radical (unpaired) electrons. The number of esters is 2. The number of likely N-dealkylation sites (N-methyl/N-ethyl adjacent to an activating group) is 1. The van der Waals surface area contributed by atoms with Crippen molar-refractivity contribution in [1.29, 1.82) is 0 Å². The molecule has 0 saturated heterocycles. The van der Waals surface area contributed by atoms with Crippen molar-refractivity contribution in [2.45, 2.75) is 187 Å². The summed E-state index contributed by atoms with van der Waals surface area (Å²) in [5, 5.41) is 0. The fraction of sp³-hybridized carbons (Fsp3) is 0.692. The van der Waals surface area contributed by atoms with Crippen molar-refractivity contribution in [3.05, 3.63) is 85.1 Å². The second-order valence-electron chi connectivity index (χ2n) is 17.1. The Labute approximate surface area is 380 Å². The number of phosphoric acid groups is 1. The van der Waals surface area contributed by atoms with E-state index >= 15 is 0 Å². The number of carbonyl (C=O) groups excluding carboxylic acids is 2. The Morgan fingerprint density at radius 3 is 1.40 bits per heavy atom. The second kappa shape index (κ2) is 43.4. The predicted octanol–water partition coefficient (Wildman–Crippen LogP) is 13.7. The van der Waals surface area contributed by atoms with Crippen LogP contribution in [0.2, 0.25) is 0 Å². The van der Waals surface area contributed by atoms with Crippen molar-refractivity contribution in [2.75, 3.05) is 47.5 Å². The fourth-order valence-electron chi connectivity index (χ4n) is 6.12. The highest BCUT2D eigenvalue weighted by atomic mass is 31.2. The van der Waals surface area contributed by atoms with Crippen LogP contribution in [-0.4, -0.2) is 70.0 Å². The third-order valence-electron chi connectivity index (χ3n) is 9.90. The summed E-state index contributed by atoms with van der Waals surface area (Å²) in [7, 11) is 1.12. The first-order chi connectivity index (χ1) is 30.0. The van der Waals surface area contributed by atoms with Crippen molar-refractivity contribution in [3.63, 3.8) is 0 Å². The van der Waals surface area contributed by atoms with Gasteiger partial charge < -0.3 is 27.9 Å². The SMILES string of the molecule is CC/C=C\C/C=C\C/C=C\C/C=C\CCCCC(=O)OC(COC(=O)CCCCCCCCCC/C=C\C/C=C\C/C=C\CCCCCCC)COP(=O)([O-])OCC[N+](C)(C)C. The van der Waals surface area contributed by atoms with E-state index in [0.717, 1.165) is 77.0 Å². The number of quaternary nitrogens is 1. The number of nitrogens with zero attached hydrogens (tertiary/aromatic N) is 1. The Balaban J connectivity index is 4.34. The molecule has 2 unspecified atom stereocenters. The van der Waals surface area contributed by atoms with Gasteiger partial charge in [0.25, 0.3) is 7.82 Å². The van der Waals surface area contributed by atoms with E-state index in [2.05, 4.69) is 98.9 Å². The molecule has 62 heavy (non-hydrogen) atoms. The smallest absolute Gasteiger partial charge is 0.306 e. The number of hydrogen-bond acceptors (Lipinski definition) is 8. The van der Waals surface area contributed by atoms with Gasteiger partial charge in [0.2, 0.25) is 0 Å². The Kier molecular flexibility index (Phi) is 41.5. The summed E-state index contributed by atoms with van der Waals surface area (Å²) >= 11 is 0. The normalized spacial score (nSPS) is 14.2. The highest BCUT2D eigenvalue weighted by Crippen LogP contribution is 2.38. The van der Waals surface area contributed by atoms with E-state index in [-0.39, 0.29) is 26.1 Å². The van der Waals surface area contributed by atoms with E-state index in [9.17, 15) is 19.0 Å². The third-order valence-corrected chi connectivity index (χ3v) is 10.9. The van der Waals surface area contributed by atoms with Crippen LogP contribution in [0.15, 0.2) is 85.1 Å². The van der Waals surface area contributed by atoms with Crippen LogP contribution in [0.3, 0.4) is 0 Å². The van der Waals surface area contributed by atoms with Gasteiger partial charge in [0.05, 0.1) is 27.7 Å². The molecule has 9 nitrogen and oxygen atoms in total. The van der Waals surface area contributed by atoms with Gasteiger partial charge in [-0.15, -0.1) is 0 Å². The lowest BCUT2D eigenvalue weighted by molar-refractivity contribution is -0.870. The molecule has 0 aromatic heterocycles. The van der Waals surface area contributed by atoms with E-state index in [0.29, 0.717) is 23.9 Å².